The second kappa shape index (κ2) is 7.98. The SMILES string of the molecule is Cl.NCC1CCN(C(=O)c2ccc3c(c2)C(=O)N(C2CCCCC2)C3=O)C1. The Kier molecular flexibility index (Phi) is 5.86. The van der Waals surface area contributed by atoms with Gasteiger partial charge < -0.3 is 10.6 Å². The van der Waals surface area contributed by atoms with Gasteiger partial charge in [-0.1, -0.05) is 19.3 Å². The van der Waals surface area contributed by atoms with Crippen molar-refractivity contribution in [3.63, 3.8) is 0 Å². The van der Waals surface area contributed by atoms with Gasteiger partial charge in [0.25, 0.3) is 17.7 Å². The molecular formula is C20H26ClN3O3. The van der Waals surface area contributed by atoms with Crippen LogP contribution in [0, 0.1) is 5.92 Å². The van der Waals surface area contributed by atoms with Crippen LogP contribution in [-0.4, -0.2) is 53.2 Å². The van der Waals surface area contributed by atoms with Gasteiger partial charge in [-0.05, 0) is 49.9 Å². The maximum atomic E-state index is 12.9. The van der Waals surface area contributed by atoms with E-state index in [1.807, 2.05) is 0 Å². The Bertz CT molecular complexity index is 761. The lowest BCUT2D eigenvalue weighted by atomic mass is 9.94. The first kappa shape index (κ1) is 19.8. The van der Waals surface area contributed by atoms with Gasteiger partial charge in [-0.2, -0.15) is 0 Å². The Morgan fingerprint density at radius 1 is 1.04 bits per heavy atom. The topological polar surface area (TPSA) is 83.7 Å². The van der Waals surface area contributed by atoms with E-state index >= 15 is 0 Å². The predicted molar refractivity (Wildman–Crippen MR) is 104 cm³/mol. The number of benzene rings is 1. The van der Waals surface area contributed by atoms with Gasteiger partial charge in [0.15, 0.2) is 0 Å². The van der Waals surface area contributed by atoms with Crippen molar-refractivity contribution in [1.29, 1.82) is 0 Å². The number of carbonyl (C=O) groups excluding carboxylic acids is 3. The lowest BCUT2D eigenvalue weighted by Gasteiger charge is -2.29. The summed E-state index contributed by atoms with van der Waals surface area (Å²) in [5, 5.41) is 0. The zero-order chi connectivity index (χ0) is 18.3. The number of rotatable bonds is 3. The molecule has 1 atom stereocenters. The molecule has 2 aliphatic heterocycles. The summed E-state index contributed by atoms with van der Waals surface area (Å²) in [5.74, 6) is -0.188. The van der Waals surface area contributed by atoms with Gasteiger partial charge in [0, 0.05) is 24.7 Å². The highest BCUT2D eigenvalue weighted by molar-refractivity contribution is 6.22. The van der Waals surface area contributed by atoms with E-state index in [9.17, 15) is 14.4 Å². The van der Waals surface area contributed by atoms with Gasteiger partial charge in [-0.15, -0.1) is 12.4 Å². The number of carbonyl (C=O) groups is 3. The molecule has 146 valence electrons. The van der Waals surface area contributed by atoms with E-state index in [0.717, 1.165) is 38.5 Å². The Morgan fingerprint density at radius 2 is 1.74 bits per heavy atom. The molecular weight excluding hydrogens is 366 g/mol. The highest BCUT2D eigenvalue weighted by Gasteiger charge is 2.40. The Hall–Kier alpha value is -1.92. The van der Waals surface area contributed by atoms with Crippen molar-refractivity contribution >= 4 is 30.1 Å². The van der Waals surface area contributed by atoms with Crippen LogP contribution < -0.4 is 5.73 Å². The van der Waals surface area contributed by atoms with Crippen molar-refractivity contribution in [3.05, 3.63) is 34.9 Å². The molecule has 3 aliphatic rings. The average molecular weight is 392 g/mol. The molecule has 1 unspecified atom stereocenters. The Labute approximate surface area is 165 Å². The number of imide groups is 1. The van der Waals surface area contributed by atoms with E-state index in [1.165, 1.54) is 4.90 Å². The molecule has 1 aliphatic carbocycles. The number of halogens is 1. The van der Waals surface area contributed by atoms with Gasteiger partial charge in [0.05, 0.1) is 11.1 Å². The molecule has 0 aromatic heterocycles. The molecule has 1 aromatic rings. The third-order valence-electron chi connectivity index (χ3n) is 6.01. The summed E-state index contributed by atoms with van der Waals surface area (Å²) < 4.78 is 0. The first-order chi connectivity index (χ1) is 12.6. The quantitative estimate of drug-likeness (QED) is 0.802. The lowest BCUT2D eigenvalue weighted by molar-refractivity contribution is 0.0548. The first-order valence-corrected chi connectivity index (χ1v) is 9.61. The molecule has 4 rings (SSSR count). The van der Waals surface area contributed by atoms with Crippen LogP contribution in [0.3, 0.4) is 0 Å². The third kappa shape index (κ3) is 3.48. The normalized spacial score (nSPS) is 22.8. The number of hydrogen-bond acceptors (Lipinski definition) is 4. The molecule has 0 spiro atoms. The van der Waals surface area contributed by atoms with Crippen LogP contribution in [0.25, 0.3) is 0 Å². The highest BCUT2D eigenvalue weighted by atomic mass is 35.5. The molecule has 3 amide bonds. The van der Waals surface area contributed by atoms with Gasteiger partial charge in [0.1, 0.15) is 0 Å². The molecule has 0 bridgehead atoms. The fraction of sp³-hybridized carbons (Fsp3) is 0.550. The monoisotopic (exact) mass is 391 g/mol. The van der Waals surface area contributed by atoms with E-state index in [-0.39, 0.29) is 36.2 Å². The highest BCUT2D eigenvalue weighted by Crippen LogP contribution is 2.32. The first-order valence-electron chi connectivity index (χ1n) is 9.61. The van der Waals surface area contributed by atoms with E-state index < -0.39 is 0 Å². The maximum Gasteiger partial charge on any atom is 0.261 e. The number of likely N-dealkylation sites (tertiary alicyclic amines) is 1. The van der Waals surface area contributed by atoms with Crippen LogP contribution in [0.4, 0.5) is 0 Å². The van der Waals surface area contributed by atoms with Crippen LogP contribution in [0.5, 0.6) is 0 Å². The molecule has 7 heteroatoms. The van der Waals surface area contributed by atoms with E-state index in [1.54, 1.807) is 23.1 Å². The summed E-state index contributed by atoms with van der Waals surface area (Å²) in [6.45, 7) is 1.93. The lowest BCUT2D eigenvalue weighted by Crippen LogP contribution is -2.40. The summed E-state index contributed by atoms with van der Waals surface area (Å²) in [6, 6.07) is 4.92. The second-order valence-corrected chi connectivity index (χ2v) is 7.67. The molecule has 1 saturated heterocycles. The zero-order valence-electron chi connectivity index (χ0n) is 15.4. The maximum absolute atomic E-state index is 12.9. The number of nitrogens with zero attached hydrogens (tertiary/aromatic N) is 2. The molecule has 1 saturated carbocycles. The fourth-order valence-electron chi connectivity index (χ4n) is 4.46. The largest absolute Gasteiger partial charge is 0.338 e. The van der Waals surface area contributed by atoms with E-state index in [0.29, 0.717) is 42.2 Å². The minimum Gasteiger partial charge on any atom is -0.338 e. The van der Waals surface area contributed by atoms with Crippen molar-refractivity contribution in [3.8, 4) is 0 Å². The van der Waals surface area contributed by atoms with E-state index in [4.69, 9.17) is 5.73 Å². The number of amides is 3. The van der Waals surface area contributed by atoms with Crippen molar-refractivity contribution < 1.29 is 14.4 Å². The fourth-order valence-corrected chi connectivity index (χ4v) is 4.46. The Morgan fingerprint density at radius 3 is 2.41 bits per heavy atom. The van der Waals surface area contributed by atoms with E-state index in [2.05, 4.69) is 0 Å². The van der Waals surface area contributed by atoms with Gasteiger partial charge >= 0.3 is 0 Å². The minimum atomic E-state index is -0.243. The number of nitrogens with two attached hydrogens (primary N) is 1. The average Bonchev–Trinajstić information content (AvgIpc) is 3.25. The molecule has 1 aromatic carbocycles. The summed E-state index contributed by atoms with van der Waals surface area (Å²) in [5.41, 5.74) is 6.99. The summed E-state index contributed by atoms with van der Waals surface area (Å²) in [6.07, 6.45) is 5.95. The van der Waals surface area contributed by atoms with Gasteiger partial charge in [0.2, 0.25) is 0 Å². The van der Waals surface area contributed by atoms with Crippen molar-refractivity contribution in [1.82, 2.24) is 9.80 Å². The molecule has 27 heavy (non-hydrogen) atoms. The smallest absolute Gasteiger partial charge is 0.261 e. The molecule has 2 heterocycles. The molecule has 2 N–H and O–H groups in total. The molecule has 2 fully saturated rings. The van der Waals surface area contributed by atoms with Crippen LogP contribution >= 0.6 is 12.4 Å². The van der Waals surface area contributed by atoms with Gasteiger partial charge in [-0.25, -0.2) is 0 Å². The van der Waals surface area contributed by atoms with Crippen molar-refractivity contribution in [2.24, 2.45) is 11.7 Å². The summed E-state index contributed by atoms with van der Waals surface area (Å²) in [7, 11) is 0. The summed E-state index contributed by atoms with van der Waals surface area (Å²) in [4.78, 5) is 41.6. The van der Waals surface area contributed by atoms with Gasteiger partial charge in [-0.3, -0.25) is 19.3 Å². The predicted octanol–water partition coefficient (Wildman–Crippen LogP) is 2.46. The number of hydrogen-bond donors (Lipinski definition) is 1. The minimum absolute atomic E-state index is 0. The Balaban J connectivity index is 0.00000210. The molecule has 0 radical (unpaired) electrons. The van der Waals surface area contributed by atoms with Crippen LogP contribution in [-0.2, 0) is 0 Å². The standard InChI is InChI=1S/C20H25N3O3.ClH/c21-11-13-8-9-22(12-13)18(24)14-6-7-16-17(10-14)20(26)23(19(16)25)15-4-2-1-3-5-15;/h6-7,10,13,15H,1-5,8-9,11-12,21H2;1H. The van der Waals surface area contributed by atoms with Crippen LogP contribution in [0.15, 0.2) is 18.2 Å². The molecule has 6 nitrogen and oxygen atoms in total. The number of fused-ring (bicyclic) bond motifs is 1. The van der Waals surface area contributed by atoms with Crippen molar-refractivity contribution in [2.45, 2.75) is 44.6 Å². The second-order valence-electron chi connectivity index (χ2n) is 7.67. The zero-order valence-corrected chi connectivity index (χ0v) is 16.2. The summed E-state index contributed by atoms with van der Waals surface area (Å²) >= 11 is 0. The van der Waals surface area contributed by atoms with Crippen LogP contribution in [0.2, 0.25) is 0 Å². The van der Waals surface area contributed by atoms with Crippen molar-refractivity contribution in [2.75, 3.05) is 19.6 Å². The van der Waals surface area contributed by atoms with Crippen LogP contribution in [0.1, 0.15) is 69.6 Å². The third-order valence-corrected chi connectivity index (χ3v) is 6.01.